The summed E-state index contributed by atoms with van der Waals surface area (Å²) < 4.78 is 0. The third-order valence-electron chi connectivity index (χ3n) is 3.39. The summed E-state index contributed by atoms with van der Waals surface area (Å²) in [6.45, 7) is 5.92. The van der Waals surface area contributed by atoms with Crippen LogP contribution in [0.1, 0.15) is 36.3 Å². The molecule has 0 fully saturated rings. The van der Waals surface area contributed by atoms with Gasteiger partial charge in [0, 0.05) is 11.6 Å². The van der Waals surface area contributed by atoms with E-state index in [1.807, 2.05) is 56.3 Å². The molecule has 1 aromatic carbocycles. The molecule has 20 heavy (non-hydrogen) atoms. The largest absolute Gasteiger partial charge is 0.350 e. The van der Waals surface area contributed by atoms with E-state index in [1.165, 1.54) is 0 Å². The highest BCUT2D eigenvalue weighted by Crippen LogP contribution is 2.18. The number of rotatable bonds is 4. The van der Waals surface area contributed by atoms with Crippen molar-refractivity contribution in [2.24, 2.45) is 0 Å². The molecule has 1 heterocycles. The lowest BCUT2D eigenvalue weighted by molar-refractivity contribution is 0.0938. The Hall–Kier alpha value is -2.16. The molecule has 0 radical (unpaired) electrons. The van der Waals surface area contributed by atoms with E-state index >= 15 is 0 Å². The second-order valence-electron chi connectivity index (χ2n) is 4.98. The summed E-state index contributed by atoms with van der Waals surface area (Å²) in [5.41, 5.74) is 3.35. The molecule has 0 aliphatic carbocycles. The number of amides is 1. The van der Waals surface area contributed by atoms with Crippen LogP contribution in [0.25, 0.3) is 11.3 Å². The molecule has 0 spiro atoms. The van der Waals surface area contributed by atoms with E-state index in [-0.39, 0.29) is 11.9 Å². The second-order valence-corrected chi connectivity index (χ2v) is 4.98. The highest BCUT2D eigenvalue weighted by Gasteiger charge is 2.12. The Morgan fingerprint density at radius 2 is 1.90 bits per heavy atom. The fourth-order valence-corrected chi connectivity index (χ4v) is 1.97. The van der Waals surface area contributed by atoms with Gasteiger partial charge >= 0.3 is 0 Å². The van der Waals surface area contributed by atoms with Gasteiger partial charge < -0.3 is 5.32 Å². The molecule has 1 atom stereocenters. The molecule has 1 N–H and O–H groups in total. The number of aryl methyl sites for hydroxylation is 1. The monoisotopic (exact) mass is 268 g/mol. The first-order valence-corrected chi connectivity index (χ1v) is 6.95. The SMILES string of the molecule is CCC(C)NC(=O)c1ccc(-c2ccccc2)nc1C. The summed E-state index contributed by atoms with van der Waals surface area (Å²) in [5.74, 6) is -0.0519. The number of carbonyl (C=O) groups excluding carboxylic acids is 1. The molecule has 0 saturated heterocycles. The molecule has 0 saturated carbocycles. The fourth-order valence-electron chi connectivity index (χ4n) is 1.97. The van der Waals surface area contributed by atoms with Crippen LogP contribution in [0.3, 0.4) is 0 Å². The van der Waals surface area contributed by atoms with Crippen LogP contribution in [0.15, 0.2) is 42.5 Å². The fraction of sp³-hybridized carbons (Fsp3) is 0.294. The van der Waals surface area contributed by atoms with Crippen molar-refractivity contribution in [3.05, 3.63) is 53.7 Å². The molecule has 104 valence electrons. The van der Waals surface area contributed by atoms with Crippen molar-refractivity contribution in [3.63, 3.8) is 0 Å². The normalized spacial score (nSPS) is 11.9. The molecule has 0 bridgehead atoms. The maximum atomic E-state index is 12.1. The van der Waals surface area contributed by atoms with Crippen molar-refractivity contribution < 1.29 is 4.79 Å². The highest BCUT2D eigenvalue weighted by atomic mass is 16.1. The van der Waals surface area contributed by atoms with Crippen LogP contribution < -0.4 is 5.32 Å². The Morgan fingerprint density at radius 3 is 2.50 bits per heavy atom. The Balaban J connectivity index is 2.24. The number of aromatic nitrogens is 1. The van der Waals surface area contributed by atoms with Gasteiger partial charge in [0.15, 0.2) is 0 Å². The average molecular weight is 268 g/mol. The van der Waals surface area contributed by atoms with Gasteiger partial charge in [0.05, 0.1) is 17.0 Å². The number of nitrogens with one attached hydrogen (secondary N) is 1. The molecular formula is C17H20N2O. The Kier molecular flexibility index (Phi) is 4.51. The van der Waals surface area contributed by atoms with Crippen molar-refractivity contribution in [1.29, 1.82) is 0 Å². The molecule has 1 unspecified atom stereocenters. The summed E-state index contributed by atoms with van der Waals surface area (Å²) >= 11 is 0. The van der Waals surface area contributed by atoms with E-state index in [1.54, 1.807) is 0 Å². The minimum absolute atomic E-state index is 0.0519. The van der Waals surface area contributed by atoms with Crippen LogP contribution in [0, 0.1) is 6.92 Å². The van der Waals surface area contributed by atoms with Crippen LogP contribution in [-0.4, -0.2) is 16.9 Å². The average Bonchev–Trinajstić information content (AvgIpc) is 2.47. The molecule has 1 aromatic heterocycles. The number of pyridine rings is 1. The summed E-state index contributed by atoms with van der Waals surface area (Å²) in [5, 5.41) is 2.97. The van der Waals surface area contributed by atoms with Crippen LogP contribution >= 0.6 is 0 Å². The topological polar surface area (TPSA) is 42.0 Å². The first-order chi connectivity index (χ1) is 9.61. The predicted molar refractivity (Wildman–Crippen MR) is 81.6 cm³/mol. The van der Waals surface area contributed by atoms with Crippen molar-refractivity contribution >= 4 is 5.91 Å². The molecule has 1 amide bonds. The van der Waals surface area contributed by atoms with Crippen LogP contribution in [0.2, 0.25) is 0 Å². The predicted octanol–water partition coefficient (Wildman–Crippen LogP) is 3.59. The van der Waals surface area contributed by atoms with E-state index in [9.17, 15) is 4.79 Å². The Labute approximate surface area is 120 Å². The van der Waals surface area contributed by atoms with Gasteiger partial charge in [-0.05, 0) is 32.4 Å². The minimum atomic E-state index is -0.0519. The Morgan fingerprint density at radius 1 is 1.20 bits per heavy atom. The first-order valence-electron chi connectivity index (χ1n) is 6.95. The van der Waals surface area contributed by atoms with Gasteiger partial charge in [-0.3, -0.25) is 9.78 Å². The van der Waals surface area contributed by atoms with Crippen molar-refractivity contribution in [2.75, 3.05) is 0 Å². The van der Waals surface area contributed by atoms with E-state index in [0.717, 1.165) is 23.4 Å². The maximum absolute atomic E-state index is 12.1. The van der Waals surface area contributed by atoms with Crippen molar-refractivity contribution in [2.45, 2.75) is 33.2 Å². The lowest BCUT2D eigenvalue weighted by Crippen LogP contribution is -2.32. The summed E-state index contributed by atoms with van der Waals surface area (Å²) in [7, 11) is 0. The van der Waals surface area contributed by atoms with Gasteiger partial charge in [-0.2, -0.15) is 0 Å². The number of nitrogens with zero attached hydrogens (tertiary/aromatic N) is 1. The third-order valence-corrected chi connectivity index (χ3v) is 3.39. The molecule has 3 heteroatoms. The molecule has 2 rings (SSSR count). The van der Waals surface area contributed by atoms with Gasteiger partial charge in [0.2, 0.25) is 0 Å². The number of carbonyl (C=O) groups is 1. The zero-order valence-corrected chi connectivity index (χ0v) is 12.2. The van der Waals surface area contributed by atoms with Crippen LogP contribution in [-0.2, 0) is 0 Å². The molecule has 0 aliphatic rings. The van der Waals surface area contributed by atoms with E-state index in [2.05, 4.69) is 17.2 Å². The van der Waals surface area contributed by atoms with E-state index in [4.69, 9.17) is 0 Å². The maximum Gasteiger partial charge on any atom is 0.253 e. The first kappa shape index (κ1) is 14.3. The van der Waals surface area contributed by atoms with Gasteiger partial charge in [-0.1, -0.05) is 37.3 Å². The zero-order chi connectivity index (χ0) is 14.5. The van der Waals surface area contributed by atoms with Crippen molar-refractivity contribution in [1.82, 2.24) is 10.3 Å². The number of hydrogen-bond donors (Lipinski definition) is 1. The Bertz CT molecular complexity index is 593. The molecule has 0 aliphatic heterocycles. The van der Waals surface area contributed by atoms with Gasteiger partial charge in [-0.15, -0.1) is 0 Å². The van der Waals surface area contributed by atoms with E-state index < -0.39 is 0 Å². The van der Waals surface area contributed by atoms with Crippen LogP contribution in [0.5, 0.6) is 0 Å². The smallest absolute Gasteiger partial charge is 0.253 e. The zero-order valence-electron chi connectivity index (χ0n) is 12.2. The van der Waals surface area contributed by atoms with Crippen molar-refractivity contribution in [3.8, 4) is 11.3 Å². The number of hydrogen-bond acceptors (Lipinski definition) is 2. The minimum Gasteiger partial charge on any atom is -0.350 e. The molecule has 2 aromatic rings. The highest BCUT2D eigenvalue weighted by molar-refractivity contribution is 5.95. The molecular weight excluding hydrogens is 248 g/mol. The summed E-state index contributed by atoms with van der Waals surface area (Å²) in [6, 6.07) is 13.9. The summed E-state index contributed by atoms with van der Waals surface area (Å²) in [6.07, 6.45) is 0.917. The van der Waals surface area contributed by atoms with Crippen LogP contribution in [0.4, 0.5) is 0 Å². The second kappa shape index (κ2) is 6.33. The molecule has 3 nitrogen and oxygen atoms in total. The van der Waals surface area contributed by atoms with Gasteiger partial charge in [0.25, 0.3) is 5.91 Å². The number of benzene rings is 1. The van der Waals surface area contributed by atoms with E-state index in [0.29, 0.717) is 5.56 Å². The standard InChI is InChI=1S/C17H20N2O/c1-4-12(2)18-17(20)15-10-11-16(19-13(15)3)14-8-6-5-7-9-14/h5-12H,4H2,1-3H3,(H,18,20). The lowest BCUT2D eigenvalue weighted by atomic mass is 10.1. The quantitative estimate of drug-likeness (QED) is 0.920. The lowest BCUT2D eigenvalue weighted by Gasteiger charge is -2.13. The van der Waals surface area contributed by atoms with Gasteiger partial charge in [-0.25, -0.2) is 0 Å². The van der Waals surface area contributed by atoms with Gasteiger partial charge in [0.1, 0.15) is 0 Å². The third kappa shape index (κ3) is 3.23. The summed E-state index contributed by atoms with van der Waals surface area (Å²) in [4.78, 5) is 16.7.